The quantitative estimate of drug-likeness (QED) is 0.730. The molecule has 0 saturated carbocycles. The Labute approximate surface area is 90.3 Å². The van der Waals surface area contributed by atoms with Gasteiger partial charge in [0, 0.05) is 0 Å². The fourth-order valence-corrected chi connectivity index (χ4v) is 1.68. The highest BCUT2D eigenvalue weighted by atomic mass is 32.7. The van der Waals surface area contributed by atoms with Gasteiger partial charge in [0.2, 0.25) is 0 Å². The van der Waals surface area contributed by atoms with E-state index in [0.717, 1.165) is 0 Å². The maximum absolute atomic E-state index is 10.9. The number of ether oxygens (including phenoxy) is 1. The van der Waals surface area contributed by atoms with Crippen LogP contribution in [0, 0.1) is 0 Å². The van der Waals surface area contributed by atoms with Crippen LogP contribution < -0.4 is 13.8 Å². The molecule has 0 radical (unpaired) electrons. The van der Waals surface area contributed by atoms with E-state index >= 15 is 0 Å². The van der Waals surface area contributed by atoms with E-state index in [-0.39, 0.29) is 5.75 Å². The summed E-state index contributed by atoms with van der Waals surface area (Å²) in [5.41, 5.74) is 0. The van der Waals surface area contributed by atoms with Crippen LogP contribution in [0.5, 0.6) is 11.5 Å². The molecule has 2 unspecified atom stereocenters. The molecular weight excluding hydrogens is 239 g/mol. The van der Waals surface area contributed by atoms with Gasteiger partial charge in [0.05, 0.1) is 6.61 Å². The number of hydrogen-bond donors (Lipinski definition) is 0. The van der Waals surface area contributed by atoms with E-state index < -0.39 is 17.9 Å². The van der Waals surface area contributed by atoms with E-state index in [4.69, 9.17) is 8.92 Å². The monoisotopic (exact) mass is 248 g/mol. The van der Waals surface area contributed by atoms with E-state index in [2.05, 4.69) is 0 Å². The van der Waals surface area contributed by atoms with Gasteiger partial charge in [0.25, 0.3) is 0 Å². The van der Waals surface area contributed by atoms with E-state index in [1.54, 1.807) is 25.1 Å². The highest BCUT2D eigenvalue weighted by molar-refractivity contribution is 8.37. The molecule has 0 aromatic heterocycles. The molecular formula is C8H9O5PS. The van der Waals surface area contributed by atoms with Gasteiger partial charge in [-0.3, -0.25) is 0 Å². The van der Waals surface area contributed by atoms with Crippen molar-refractivity contribution in [2.24, 2.45) is 0 Å². The van der Waals surface area contributed by atoms with Gasteiger partial charge in [-0.05, 0) is 19.1 Å². The van der Waals surface area contributed by atoms with E-state index in [1.807, 2.05) is 0 Å². The highest BCUT2D eigenvalue weighted by Gasteiger charge is 2.19. The van der Waals surface area contributed by atoms with Crippen LogP contribution in [0.2, 0.25) is 0 Å². The Kier molecular flexibility index (Phi) is 4.68. The molecule has 0 fully saturated rings. The maximum atomic E-state index is 10.9. The number of para-hydroxylation sites is 2. The third-order valence-electron chi connectivity index (χ3n) is 1.43. The molecule has 82 valence electrons. The van der Waals surface area contributed by atoms with Crippen molar-refractivity contribution < 1.29 is 22.6 Å². The van der Waals surface area contributed by atoms with Crippen molar-refractivity contribution in [3.63, 3.8) is 0 Å². The first-order valence-corrected chi connectivity index (χ1v) is 6.97. The summed E-state index contributed by atoms with van der Waals surface area (Å²) < 4.78 is 31.1. The summed E-state index contributed by atoms with van der Waals surface area (Å²) >= 11 is 0. The molecule has 1 aromatic carbocycles. The molecule has 0 heterocycles. The molecule has 0 amide bonds. The van der Waals surface area contributed by atoms with E-state index in [9.17, 15) is 13.7 Å². The molecule has 0 spiro atoms. The summed E-state index contributed by atoms with van der Waals surface area (Å²) in [7, 11) is -5.48. The largest absolute Gasteiger partial charge is 0.580 e. The van der Waals surface area contributed by atoms with Crippen LogP contribution in [0.4, 0.5) is 0 Å². The van der Waals surface area contributed by atoms with Gasteiger partial charge in [-0.15, -0.1) is 0 Å². The average Bonchev–Trinajstić information content (AvgIpc) is 2.21. The molecule has 1 rings (SSSR count). The molecule has 0 aliphatic carbocycles. The lowest BCUT2D eigenvalue weighted by Gasteiger charge is -2.06. The van der Waals surface area contributed by atoms with Crippen molar-refractivity contribution in [2.75, 3.05) is 6.61 Å². The highest BCUT2D eigenvalue weighted by Crippen LogP contribution is 2.30. The van der Waals surface area contributed by atoms with Crippen molar-refractivity contribution in [1.29, 1.82) is 0 Å². The Hall–Kier alpha value is -0.970. The molecule has 15 heavy (non-hydrogen) atoms. The predicted molar refractivity (Wildman–Crippen MR) is 54.0 cm³/mol. The minimum atomic E-state index is -3.11. The van der Waals surface area contributed by atoms with Crippen LogP contribution in [0.3, 0.4) is 0 Å². The first-order valence-electron chi connectivity index (χ1n) is 4.11. The summed E-state index contributed by atoms with van der Waals surface area (Å²) in [4.78, 5) is 10.3. The lowest BCUT2D eigenvalue weighted by atomic mass is 10.3. The van der Waals surface area contributed by atoms with Crippen molar-refractivity contribution >= 4 is 17.9 Å². The van der Waals surface area contributed by atoms with Gasteiger partial charge in [0.15, 0.2) is 11.5 Å². The summed E-state index contributed by atoms with van der Waals surface area (Å²) in [5, 5.41) is 0. The zero-order valence-electron chi connectivity index (χ0n) is 7.91. The molecule has 0 aliphatic heterocycles. The summed E-state index contributed by atoms with van der Waals surface area (Å²) in [6.45, 7) is 2.19. The van der Waals surface area contributed by atoms with Gasteiger partial charge in [-0.2, -0.15) is 4.21 Å². The topological polar surface area (TPSA) is 75.7 Å². The van der Waals surface area contributed by atoms with Crippen molar-refractivity contribution in [1.82, 2.24) is 0 Å². The average molecular weight is 248 g/mol. The van der Waals surface area contributed by atoms with Gasteiger partial charge in [0.1, 0.15) is 0 Å². The van der Waals surface area contributed by atoms with Gasteiger partial charge in [-0.25, -0.2) is 0 Å². The fourth-order valence-electron chi connectivity index (χ4n) is 0.901. The lowest BCUT2D eigenvalue weighted by Crippen LogP contribution is -2.03. The van der Waals surface area contributed by atoms with Gasteiger partial charge in [-0.1, -0.05) is 16.7 Å². The van der Waals surface area contributed by atoms with Crippen LogP contribution in [-0.2, 0) is 15.3 Å². The van der Waals surface area contributed by atoms with Crippen LogP contribution >= 0.6 is 7.23 Å². The molecule has 0 N–H and O–H groups in total. The van der Waals surface area contributed by atoms with Crippen LogP contribution in [-0.4, -0.2) is 10.8 Å². The normalized spacial score (nSPS) is 13.1. The third kappa shape index (κ3) is 3.58. The van der Waals surface area contributed by atoms with Crippen molar-refractivity contribution in [3.8, 4) is 11.5 Å². The van der Waals surface area contributed by atoms with Crippen molar-refractivity contribution in [3.05, 3.63) is 24.3 Å². The number of benzene rings is 1. The Bertz CT molecular complexity index is 381. The minimum Gasteiger partial charge on any atom is -0.580 e. The fraction of sp³-hybridized carbons (Fsp3) is 0.250. The standard InChI is InChI=1S/C8H9O5PS/c1-2-12-7-5-3-4-6-8(7)13-15(11)14(9)10/h3-6H,2H2,1H3. The zero-order valence-corrected chi connectivity index (χ0v) is 9.62. The second-order valence-corrected chi connectivity index (χ2v) is 5.24. The van der Waals surface area contributed by atoms with Crippen LogP contribution in [0.15, 0.2) is 24.3 Å². The zero-order chi connectivity index (χ0) is 11.3. The predicted octanol–water partition coefficient (Wildman–Crippen LogP) is 1.15. The summed E-state index contributed by atoms with van der Waals surface area (Å²) in [6, 6.07) is 6.43. The third-order valence-corrected chi connectivity index (χ3v) is 2.95. The SMILES string of the molecule is CCOc1ccccc1OS(=O)[P+](=O)[O-]. The van der Waals surface area contributed by atoms with Gasteiger partial charge >= 0.3 is 17.9 Å². The Morgan fingerprint density at radius 1 is 1.40 bits per heavy atom. The van der Waals surface area contributed by atoms with Crippen LogP contribution in [0.25, 0.3) is 0 Å². The lowest BCUT2D eigenvalue weighted by molar-refractivity contribution is -0.158. The molecule has 0 aliphatic rings. The molecule has 5 nitrogen and oxygen atoms in total. The molecule has 7 heteroatoms. The molecule has 1 aromatic rings. The van der Waals surface area contributed by atoms with Crippen LogP contribution in [0.1, 0.15) is 6.92 Å². The molecule has 2 atom stereocenters. The Morgan fingerprint density at radius 2 is 2.00 bits per heavy atom. The first-order chi connectivity index (χ1) is 7.15. The maximum Gasteiger partial charge on any atom is 0.459 e. The Morgan fingerprint density at radius 3 is 2.53 bits per heavy atom. The first kappa shape index (κ1) is 12.1. The number of hydrogen-bond acceptors (Lipinski definition) is 5. The summed E-state index contributed by atoms with van der Waals surface area (Å²) in [5.74, 6) is 0.516. The second kappa shape index (κ2) is 5.80. The smallest absolute Gasteiger partial charge is 0.459 e. The Balaban J connectivity index is 2.84. The minimum absolute atomic E-state index is 0.150. The van der Waals surface area contributed by atoms with E-state index in [1.165, 1.54) is 6.07 Å². The van der Waals surface area contributed by atoms with Crippen molar-refractivity contribution in [2.45, 2.75) is 6.92 Å². The second-order valence-electron chi connectivity index (χ2n) is 2.40. The summed E-state index contributed by atoms with van der Waals surface area (Å²) in [6.07, 6.45) is 0. The molecule has 0 bridgehead atoms. The number of rotatable bonds is 5. The van der Waals surface area contributed by atoms with Gasteiger partial charge < -0.3 is 13.8 Å². The van der Waals surface area contributed by atoms with E-state index in [0.29, 0.717) is 12.4 Å². The molecule has 0 saturated heterocycles.